The summed E-state index contributed by atoms with van der Waals surface area (Å²) in [5.74, 6) is 0.728. The third kappa shape index (κ3) is 5.08. The predicted octanol–water partition coefficient (Wildman–Crippen LogP) is 15.8. The van der Waals surface area contributed by atoms with Gasteiger partial charge in [0.2, 0.25) is 0 Å². The van der Waals surface area contributed by atoms with Crippen molar-refractivity contribution in [3.05, 3.63) is 206 Å². The third-order valence-corrected chi connectivity index (χ3v) is 14.2. The summed E-state index contributed by atoms with van der Waals surface area (Å²) in [5, 5.41) is 13.5. The predicted molar refractivity (Wildman–Crippen MR) is 267 cm³/mol. The lowest BCUT2D eigenvalue weighted by molar-refractivity contribution is 1.18. The van der Waals surface area contributed by atoms with Crippen LogP contribution in [0.3, 0.4) is 0 Å². The third-order valence-electron chi connectivity index (χ3n) is 13.1. The number of benzene rings is 10. The summed E-state index contributed by atoms with van der Waals surface area (Å²) in [6.45, 7) is 0. The summed E-state index contributed by atoms with van der Waals surface area (Å²) in [6.07, 6.45) is 0. The Kier molecular flexibility index (Phi) is 7.24. The molecule has 0 spiro atoms. The lowest BCUT2D eigenvalue weighted by atomic mass is 10.0. The molecule has 0 aliphatic rings. The molecule has 292 valence electrons. The van der Waals surface area contributed by atoms with Crippen LogP contribution >= 0.6 is 11.3 Å². The average Bonchev–Trinajstić information content (AvgIpc) is 4.00. The van der Waals surface area contributed by atoms with Gasteiger partial charge in [-0.05, 0) is 95.0 Å². The van der Waals surface area contributed by atoms with Crippen LogP contribution in [0.15, 0.2) is 206 Å². The molecule has 0 fully saturated rings. The zero-order chi connectivity index (χ0) is 41.2. The molecule has 0 amide bonds. The highest BCUT2D eigenvalue weighted by Crippen LogP contribution is 2.42. The maximum absolute atomic E-state index is 5.32. The Balaban J connectivity index is 0.948. The molecule has 0 N–H and O–H groups in total. The molecule has 14 rings (SSSR count). The van der Waals surface area contributed by atoms with Crippen molar-refractivity contribution in [2.24, 2.45) is 0 Å². The Morgan fingerprint density at radius 3 is 1.90 bits per heavy atom. The van der Waals surface area contributed by atoms with Gasteiger partial charge in [-0.15, -0.1) is 11.3 Å². The molecule has 14 aromatic rings. The largest absolute Gasteiger partial charge is 0.309 e. The van der Waals surface area contributed by atoms with Crippen molar-refractivity contribution in [2.45, 2.75) is 0 Å². The number of hydrogen-bond donors (Lipinski definition) is 0. The molecule has 63 heavy (non-hydrogen) atoms. The summed E-state index contributed by atoms with van der Waals surface area (Å²) in [5.41, 5.74) is 10.9. The van der Waals surface area contributed by atoms with Crippen LogP contribution in [-0.2, 0) is 0 Å². The maximum Gasteiger partial charge on any atom is 0.160 e. The van der Waals surface area contributed by atoms with Gasteiger partial charge in [0.1, 0.15) is 0 Å². The Bertz CT molecular complexity index is 4210. The van der Waals surface area contributed by atoms with Crippen LogP contribution in [0, 0.1) is 0 Å². The number of fused-ring (bicyclic) bond motifs is 13. The maximum atomic E-state index is 5.32. The minimum Gasteiger partial charge on any atom is -0.309 e. The molecule has 4 aromatic heterocycles. The van der Waals surface area contributed by atoms with Gasteiger partial charge < -0.3 is 9.13 Å². The van der Waals surface area contributed by atoms with E-state index in [2.05, 4.69) is 215 Å². The second kappa shape index (κ2) is 13.2. The Hall–Kier alpha value is -8.12. The molecule has 0 saturated carbocycles. The topological polar surface area (TPSA) is 35.6 Å². The van der Waals surface area contributed by atoms with Gasteiger partial charge in [-0.2, -0.15) is 0 Å². The molecular formula is C58H34N4S. The molecule has 5 heteroatoms. The van der Waals surface area contributed by atoms with Gasteiger partial charge in [0.05, 0.1) is 39.0 Å². The molecule has 4 nitrogen and oxygen atoms in total. The molecular weight excluding hydrogens is 785 g/mol. The van der Waals surface area contributed by atoms with Crippen LogP contribution < -0.4 is 0 Å². The highest BCUT2D eigenvalue weighted by Gasteiger charge is 2.20. The van der Waals surface area contributed by atoms with Gasteiger partial charge >= 0.3 is 0 Å². The Morgan fingerprint density at radius 1 is 0.349 bits per heavy atom. The fourth-order valence-corrected chi connectivity index (χ4v) is 11.3. The zero-order valence-corrected chi connectivity index (χ0v) is 34.6. The first-order valence-electron chi connectivity index (χ1n) is 21.4. The van der Waals surface area contributed by atoms with Crippen molar-refractivity contribution in [1.29, 1.82) is 0 Å². The van der Waals surface area contributed by atoms with Gasteiger partial charge in [0.25, 0.3) is 0 Å². The molecule has 10 aromatic carbocycles. The van der Waals surface area contributed by atoms with Gasteiger partial charge in [0, 0.05) is 69.3 Å². The van der Waals surface area contributed by atoms with Crippen molar-refractivity contribution in [3.8, 4) is 34.0 Å². The summed E-state index contributed by atoms with van der Waals surface area (Å²) < 4.78 is 7.45. The van der Waals surface area contributed by atoms with Gasteiger partial charge in [-0.25, -0.2) is 9.97 Å². The van der Waals surface area contributed by atoms with Crippen LogP contribution in [0.4, 0.5) is 0 Å². The van der Waals surface area contributed by atoms with Crippen LogP contribution in [0.5, 0.6) is 0 Å². The van der Waals surface area contributed by atoms with E-state index < -0.39 is 0 Å². The van der Waals surface area contributed by atoms with E-state index in [0.717, 1.165) is 39.2 Å². The molecule has 0 saturated heterocycles. The molecule has 0 atom stereocenters. The van der Waals surface area contributed by atoms with Crippen molar-refractivity contribution in [2.75, 3.05) is 0 Å². The van der Waals surface area contributed by atoms with Gasteiger partial charge in [-0.3, -0.25) is 0 Å². The normalized spacial score (nSPS) is 12.1. The summed E-state index contributed by atoms with van der Waals surface area (Å²) in [4.78, 5) is 10.4. The fourth-order valence-electron chi connectivity index (χ4n) is 10.3. The van der Waals surface area contributed by atoms with Crippen molar-refractivity contribution in [1.82, 2.24) is 19.1 Å². The molecule has 0 bridgehead atoms. The van der Waals surface area contributed by atoms with E-state index >= 15 is 0 Å². The minimum absolute atomic E-state index is 0.728. The van der Waals surface area contributed by atoms with E-state index in [1.165, 1.54) is 91.0 Å². The molecule has 0 aliphatic carbocycles. The van der Waals surface area contributed by atoms with Crippen LogP contribution in [0.2, 0.25) is 0 Å². The minimum atomic E-state index is 0.728. The average molecular weight is 819 g/mol. The first-order chi connectivity index (χ1) is 31.2. The fraction of sp³-hybridized carbons (Fsp3) is 0. The number of para-hydroxylation sites is 3. The SMILES string of the molecule is c1cc(-n2c3ccccc3c3c4ccccc4ccc32)c2cc3c(cc2c1)c1ccccc1n3-c1ccc(-c2nc(-c3ccc4sc5ccccc5c4c3)nc3ccccc23)cc1. The number of aromatic nitrogens is 4. The quantitative estimate of drug-likeness (QED) is 0.177. The first kappa shape index (κ1) is 34.6. The monoisotopic (exact) mass is 818 g/mol. The summed E-state index contributed by atoms with van der Waals surface area (Å²) in [7, 11) is 0. The number of rotatable bonds is 4. The number of nitrogens with zero attached hydrogens (tertiary/aromatic N) is 4. The zero-order valence-electron chi connectivity index (χ0n) is 33.8. The number of hydrogen-bond acceptors (Lipinski definition) is 3. The smallest absolute Gasteiger partial charge is 0.160 e. The van der Waals surface area contributed by atoms with Crippen LogP contribution in [-0.4, -0.2) is 19.1 Å². The van der Waals surface area contributed by atoms with E-state index in [0.29, 0.717) is 0 Å². The Morgan fingerprint density at radius 2 is 1.03 bits per heavy atom. The number of thiophene rings is 1. The van der Waals surface area contributed by atoms with Crippen molar-refractivity contribution < 1.29 is 0 Å². The summed E-state index contributed by atoms with van der Waals surface area (Å²) >= 11 is 1.83. The van der Waals surface area contributed by atoms with E-state index in [9.17, 15) is 0 Å². The second-order valence-corrected chi connectivity index (χ2v) is 17.6. The van der Waals surface area contributed by atoms with Gasteiger partial charge in [-0.1, -0.05) is 127 Å². The first-order valence-corrected chi connectivity index (χ1v) is 22.2. The van der Waals surface area contributed by atoms with E-state index in [1.807, 2.05) is 11.3 Å². The Labute approximate surface area is 365 Å². The second-order valence-electron chi connectivity index (χ2n) is 16.5. The van der Waals surface area contributed by atoms with Crippen molar-refractivity contribution >= 4 is 108 Å². The van der Waals surface area contributed by atoms with E-state index in [4.69, 9.17) is 9.97 Å². The molecule has 0 aliphatic heterocycles. The molecule has 4 heterocycles. The van der Waals surface area contributed by atoms with Crippen molar-refractivity contribution in [3.63, 3.8) is 0 Å². The highest BCUT2D eigenvalue weighted by atomic mass is 32.1. The van der Waals surface area contributed by atoms with Crippen LogP contribution in [0.25, 0.3) is 130 Å². The van der Waals surface area contributed by atoms with E-state index in [1.54, 1.807) is 0 Å². The van der Waals surface area contributed by atoms with Gasteiger partial charge in [0.15, 0.2) is 5.82 Å². The highest BCUT2D eigenvalue weighted by molar-refractivity contribution is 7.25. The molecule has 0 unspecified atom stereocenters. The lowest BCUT2D eigenvalue weighted by Gasteiger charge is -2.14. The summed E-state index contributed by atoms with van der Waals surface area (Å²) in [6, 6.07) is 75.0. The van der Waals surface area contributed by atoms with E-state index in [-0.39, 0.29) is 0 Å². The lowest BCUT2D eigenvalue weighted by Crippen LogP contribution is -1.97. The molecule has 0 radical (unpaired) electrons. The van der Waals surface area contributed by atoms with Crippen LogP contribution in [0.1, 0.15) is 0 Å². The standard InChI is InChI=1S/C58H34N4S/c1-2-14-40-35(12-1)26-30-52-56(40)44-18-5-9-21-50(44)62(52)51-22-11-13-37-32-46-41-15-4-8-20-49(41)61(53(46)34-45(37)51)39-28-24-36(25-29-39)57-43-17-3-7-19-48(43)59-58(60-57)38-27-31-55-47(33-38)42-16-6-10-23-54(42)63-55/h1-34H.